The lowest BCUT2D eigenvalue weighted by Gasteiger charge is -2.43. The third-order valence-electron chi connectivity index (χ3n) is 3.62. The molecule has 0 heterocycles. The molecular formula is C14H18N2. The summed E-state index contributed by atoms with van der Waals surface area (Å²) >= 11 is 0. The fourth-order valence-corrected chi connectivity index (χ4v) is 2.77. The fraction of sp³-hybridized carbons (Fsp3) is 0.500. The van der Waals surface area contributed by atoms with Gasteiger partial charge in [0.2, 0.25) is 0 Å². The van der Waals surface area contributed by atoms with Crippen LogP contribution in [0.25, 0.3) is 0 Å². The Kier molecular flexibility index (Phi) is 2.87. The molecule has 84 valence electrons. The van der Waals surface area contributed by atoms with E-state index in [2.05, 4.69) is 13.0 Å². The normalized spacial score (nSPS) is 28.1. The Morgan fingerprint density at radius 2 is 2.25 bits per heavy atom. The van der Waals surface area contributed by atoms with Crippen molar-refractivity contribution in [3.63, 3.8) is 0 Å². The maximum Gasteiger partial charge on any atom is 0.0828 e. The highest BCUT2D eigenvalue weighted by Gasteiger charge is 2.45. The van der Waals surface area contributed by atoms with Crippen LogP contribution in [0.1, 0.15) is 38.2 Å². The van der Waals surface area contributed by atoms with Gasteiger partial charge in [-0.15, -0.1) is 0 Å². The summed E-state index contributed by atoms with van der Waals surface area (Å²) in [6.07, 6.45) is 4.45. The molecule has 0 aromatic heterocycles. The van der Waals surface area contributed by atoms with Crippen molar-refractivity contribution in [2.75, 3.05) is 5.73 Å². The maximum atomic E-state index is 9.38. The van der Waals surface area contributed by atoms with Crippen LogP contribution in [0.3, 0.4) is 0 Å². The Labute approximate surface area is 97.1 Å². The molecule has 1 aromatic rings. The number of hydrogen-bond donors (Lipinski definition) is 1. The molecule has 1 saturated carbocycles. The van der Waals surface area contributed by atoms with Crippen LogP contribution in [0, 0.1) is 17.2 Å². The van der Waals surface area contributed by atoms with E-state index in [1.807, 2.05) is 24.3 Å². The zero-order chi connectivity index (χ0) is 11.6. The molecule has 2 rings (SSSR count). The molecule has 0 aliphatic heterocycles. The number of anilines is 1. The van der Waals surface area contributed by atoms with Gasteiger partial charge in [-0.1, -0.05) is 31.9 Å². The van der Waals surface area contributed by atoms with Crippen LogP contribution in [-0.4, -0.2) is 0 Å². The summed E-state index contributed by atoms with van der Waals surface area (Å²) in [5.74, 6) is 0.728. The number of nitrogens with zero attached hydrogens (tertiary/aromatic N) is 1. The molecule has 1 aromatic carbocycles. The molecule has 1 aliphatic carbocycles. The van der Waals surface area contributed by atoms with Gasteiger partial charge in [0.15, 0.2) is 0 Å². The van der Waals surface area contributed by atoms with Gasteiger partial charge in [0.05, 0.1) is 11.5 Å². The van der Waals surface area contributed by atoms with Crippen molar-refractivity contribution in [1.29, 1.82) is 5.26 Å². The average Bonchev–Trinajstić information content (AvgIpc) is 2.23. The summed E-state index contributed by atoms with van der Waals surface area (Å²) in [7, 11) is 0. The molecule has 0 atom stereocenters. The van der Waals surface area contributed by atoms with E-state index in [9.17, 15) is 5.26 Å². The zero-order valence-corrected chi connectivity index (χ0v) is 9.74. The minimum atomic E-state index is -0.255. The lowest BCUT2D eigenvalue weighted by molar-refractivity contribution is 0.184. The Hall–Kier alpha value is -1.49. The molecule has 1 fully saturated rings. The number of rotatable bonds is 3. The van der Waals surface area contributed by atoms with E-state index in [-0.39, 0.29) is 5.41 Å². The van der Waals surface area contributed by atoms with Gasteiger partial charge in [0, 0.05) is 5.69 Å². The van der Waals surface area contributed by atoms with Crippen molar-refractivity contribution in [2.45, 2.75) is 38.0 Å². The van der Waals surface area contributed by atoms with Gasteiger partial charge < -0.3 is 5.73 Å². The highest BCUT2D eigenvalue weighted by molar-refractivity contribution is 5.47. The molecule has 0 bridgehead atoms. The minimum Gasteiger partial charge on any atom is -0.399 e. The van der Waals surface area contributed by atoms with E-state index < -0.39 is 0 Å². The quantitative estimate of drug-likeness (QED) is 0.785. The molecule has 2 N–H and O–H groups in total. The summed E-state index contributed by atoms with van der Waals surface area (Å²) < 4.78 is 0. The van der Waals surface area contributed by atoms with Crippen molar-refractivity contribution in [3.05, 3.63) is 29.8 Å². The summed E-state index contributed by atoms with van der Waals surface area (Å²) in [6, 6.07) is 10.3. The molecule has 16 heavy (non-hydrogen) atoms. The van der Waals surface area contributed by atoms with Crippen molar-refractivity contribution in [1.82, 2.24) is 0 Å². The van der Waals surface area contributed by atoms with E-state index in [1.54, 1.807) is 0 Å². The number of hydrogen-bond acceptors (Lipinski definition) is 2. The minimum absolute atomic E-state index is 0.255. The van der Waals surface area contributed by atoms with Crippen LogP contribution in [-0.2, 0) is 5.41 Å². The van der Waals surface area contributed by atoms with Crippen LogP contribution in [0.5, 0.6) is 0 Å². The molecule has 0 amide bonds. The lowest BCUT2D eigenvalue weighted by Crippen LogP contribution is -2.39. The molecule has 2 nitrogen and oxygen atoms in total. The van der Waals surface area contributed by atoms with Crippen LogP contribution in [0.4, 0.5) is 5.69 Å². The van der Waals surface area contributed by atoms with E-state index in [0.717, 1.165) is 30.0 Å². The van der Waals surface area contributed by atoms with Crippen LogP contribution in [0.2, 0.25) is 0 Å². The molecule has 1 aliphatic rings. The number of nitriles is 1. The van der Waals surface area contributed by atoms with Gasteiger partial charge in [-0.3, -0.25) is 0 Å². The van der Waals surface area contributed by atoms with E-state index >= 15 is 0 Å². The predicted octanol–water partition coefficient (Wildman–Crippen LogP) is 3.24. The van der Waals surface area contributed by atoms with E-state index in [4.69, 9.17) is 5.73 Å². The summed E-state index contributed by atoms with van der Waals surface area (Å²) in [6.45, 7) is 2.20. The van der Waals surface area contributed by atoms with Gasteiger partial charge in [-0.2, -0.15) is 5.26 Å². The van der Waals surface area contributed by atoms with Crippen molar-refractivity contribution in [2.24, 2.45) is 5.92 Å². The molecular weight excluding hydrogens is 196 g/mol. The molecule has 0 spiro atoms. The lowest BCUT2D eigenvalue weighted by atomic mass is 9.58. The number of nitrogens with two attached hydrogens (primary N) is 1. The Bertz CT molecular complexity index is 411. The molecule has 0 unspecified atom stereocenters. The standard InChI is InChI=1S/C14H18N2/c1-2-4-11-8-14(9-11,10-15)12-5-3-6-13(16)7-12/h3,5-7,11H,2,4,8-9,16H2,1H3. The summed E-state index contributed by atoms with van der Waals surface area (Å²) in [5.41, 5.74) is 7.37. The number of nitrogen functional groups attached to an aromatic ring is 1. The summed E-state index contributed by atoms with van der Waals surface area (Å²) in [4.78, 5) is 0. The third-order valence-corrected chi connectivity index (χ3v) is 3.62. The average molecular weight is 214 g/mol. The monoisotopic (exact) mass is 214 g/mol. The van der Waals surface area contributed by atoms with Crippen LogP contribution < -0.4 is 5.73 Å². The highest BCUT2D eigenvalue weighted by Crippen LogP contribution is 2.49. The van der Waals surface area contributed by atoms with Crippen LogP contribution >= 0.6 is 0 Å². The first-order valence-corrected chi connectivity index (χ1v) is 5.97. The fourth-order valence-electron chi connectivity index (χ4n) is 2.77. The summed E-state index contributed by atoms with van der Waals surface area (Å²) in [5, 5.41) is 9.38. The van der Waals surface area contributed by atoms with E-state index in [1.165, 1.54) is 12.8 Å². The molecule has 0 saturated heterocycles. The topological polar surface area (TPSA) is 49.8 Å². The first kappa shape index (κ1) is 11.0. The van der Waals surface area contributed by atoms with Crippen molar-refractivity contribution in [3.8, 4) is 6.07 Å². The first-order valence-electron chi connectivity index (χ1n) is 5.97. The van der Waals surface area contributed by atoms with Gasteiger partial charge in [0.25, 0.3) is 0 Å². The zero-order valence-electron chi connectivity index (χ0n) is 9.74. The smallest absolute Gasteiger partial charge is 0.0828 e. The van der Waals surface area contributed by atoms with Crippen LogP contribution in [0.15, 0.2) is 24.3 Å². The van der Waals surface area contributed by atoms with E-state index in [0.29, 0.717) is 0 Å². The molecule has 2 heteroatoms. The predicted molar refractivity (Wildman–Crippen MR) is 65.8 cm³/mol. The third kappa shape index (κ3) is 1.78. The second-order valence-corrected chi connectivity index (χ2v) is 4.88. The molecule has 0 radical (unpaired) electrons. The maximum absolute atomic E-state index is 9.38. The Morgan fingerprint density at radius 3 is 2.81 bits per heavy atom. The van der Waals surface area contributed by atoms with Gasteiger partial charge >= 0.3 is 0 Å². The Balaban J connectivity index is 2.17. The van der Waals surface area contributed by atoms with Gasteiger partial charge in [-0.25, -0.2) is 0 Å². The Morgan fingerprint density at radius 1 is 1.50 bits per heavy atom. The van der Waals surface area contributed by atoms with Crippen molar-refractivity contribution >= 4 is 5.69 Å². The second kappa shape index (κ2) is 4.17. The second-order valence-electron chi connectivity index (χ2n) is 4.88. The highest BCUT2D eigenvalue weighted by atomic mass is 14.6. The van der Waals surface area contributed by atoms with Crippen molar-refractivity contribution < 1.29 is 0 Å². The number of benzene rings is 1. The first-order chi connectivity index (χ1) is 7.70. The van der Waals surface area contributed by atoms with Gasteiger partial charge in [-0.05, 0) is 36.5 Å². The van der Waals surface area contributed by atoms with Gasteiger partial charge in [0.1, 0.15) is 0 Å². The SMILES string of the molecule is CCCC1CC(C#N)(c2cccc(N)c2)C1. The largest absolute Gasteiger partial charge is 0.399 e.